The Kier molecular flexibility index (Phi) is 5.11. The number of nitrogens with one attached hydrogen (secondary N) is 1. The minimum Gasteiger partial charge on any atom is -0.368 e. The Bertz CT molecular complexity index is 707. The fourth-order valence-corrected chi connectivity index (χ4v) is 3.10. The molecule has 0 aromatic heterocycles. The molecule has 124 valence electrons. The molecule has 1 saturated heterocycles. The summed E-state index contributed by atoms with van der Waals surface area (Å²) in [6.07, 6.45) is 0. The van der Waals surface area contributed by atoms with Crippen LogP contribution in [0, 0.1) is 0 Å². The Hall–Kier alpha value is -2.40. The predicted octanol–water partition coefficient (Wildman–Crippen LogP) is 3.41. The number of ketones is 1. The molecule has 0 unspecified atom stereocenters. The molecular weight excluding hydrogens is 318 g/mol. The summed E-state index contributed by atoms with van der Waals surface area (Å²) in [7, 11) is 0. The van der Waals surface area contributed by atoms with Crippen LogP contribution in [0.3, 0.4) is 0 Å². The quantitative estimate of drug-likeness (QED) is 0.685. The minimum atomic E-state index is 0.0705. The molecule has 2 aromatic carbocycles. The number of thiocarbonyl (C=S) groups is 1. The molecule has 0 atom stereocenters. The lowest BCUT2D eigenvalue weighted by atomic mass is 10.1. The number of nitrogens with zero attached hydrogens (tertiary/aromatic N) is 2. The Morgan fingerprint density at radius 1 is 0.958 bits per heavy atom. The SMILES string of the molecule is CC(=O)c1ccc(NC(=S)N2CCN(c3ccccc3)CC2)cc1. The van der Waals surface area contributed by atoms with Gasteiger partial charge in [-0.1, -0.05) is 18.2 Å². The predicted molar refractivity (Wildman–Crippen MR) is 103 cm³/mol. The van der Waals surface area contributed by atoms with Gasteiger partial charge in [-0.25, -0.2) is 0 Å². The Morgan fingerprint density at radius 3 is 2.17 bits per heavy atom. The number of carbonyl (C=O) groups is 1. The highest BCUT2D eigenvalue weighted by Crippen LogP contribution is 2.17. The average molecular weight is 339 g/mol. The Labute approximate surface area is 148 Å². The van der Waals surface area contributed by atoms with E-state index in [2.05, 4.69) is 39.4 Å². The smallest absolute Gasteiger partial charge is 0.173 e. The molecule has 1 N–H and O–H groups in total. The number of hydrogen-bond acceptors (Lipinski definition) is 3. The molecule has 0 spiro atoms. The van der Waals surface area contributed by atoms with Crippen molar-refractivity contribution in [2.24, 2.45) is 0 Å². The Balaban J connectivity index is 1.54. The van der Waals surface area contributed by atoms with Crippen LogP contribution in [0.15, 0.2) is 54.6 Å². The van der Waals surface area contributed by atoms with Crippen molar-refractivity contribution in [2.45, 2.75) is 6.92 Å². The normalized spacial score (nSPS) is 14.4. The molecule has 0 amide bonds. The van der Waals surface area contributed by atoms with Crippen LogP contribution < -0.4 is 10.2 Å². The van der Waals surface area contributed by atoms with Crippen LogP contribution in [0.25, 0.3) is 0 Å². The number of hydrogen-bond donors (Lipinski definition) is 1. The van der Waals surface area contributed by atoms with Crippen LogP contribution >= 0.6 is 12.2 Å². The summed E-state index contributed by atoms with van der Waals surface area (Å²) in [5.74, 6) is 0.0705. The summed E-state index contributed by atoms with van der Waals surface area (Å²) < 4.78 is 0. The van der Waals surface area contributed by atoms with Gasteiger partial charge >= 0.3 is 0 Å². The average Bonchev–Trinajstić information content (AvgIpc) is 2.63. The van der Waals surface area contributed by atoms with Gasteiger partial charge in [-0.15, -0.1) is 0 Å². The second kappa shape index (κ2) is 7.45. The fraction of sp³-hybridized carbons (Fsp3) is 0.263. The molecule has 2 aromatic rings. The number of piperazine rings is 1. The third kappa shape index (κ3) is 3.92. The van der Waals surface area contributed by atoms with Crippen molar-refractivity contribution in [1.82, 2.24) is 4.90 Å². The topological polar surface area (TPSA) is 35.6 Å². The van der Waals surface area contributed by atoms with Crippen molar-refractivity contribution < 1.29 is 4.79 Å². The van der Waals surface area contributed by atoms with E-state index in [1.165, 1.54) is 5.69 Å². The molecule has 5 heteroatoms. The van der Waals surface area contributed by atoms with E-state index in [0.29, 0.717) is 5.56 Å². The summed E-state index contributed by atoms with van der Waals surface area (Å²) in [5.41, 5.74) is 2.88. The van der Waals surface area contributed by atoms with Crippen molar-refractivity contribution in [2.75, 3.05) is 36.4 Å². The second-order valence-electron chi connectivity index (χ2n) is 5.87. The maximum atomic E-state index is 11.3. The van der Waals surface area contributed by atoms with Gasteiger partial charge in [0.2, 0.25) is 0 Å². The zero-order valence-corrected chi connectivity index (χ0v) is 14.6. The standard InChI is InChI=1S/C19H21N3OS/c1-15(23)16-7-9-17(10-8-16)20-19(24)22-13-11-21(12-14-22)18-5-3-2-4-6-18/h2-10H,11-14H2,1H3,(H,20,24). The van der Waals surface area contributed by atoms with Gasteiger partial charge in [-0.3, -0.25) is 4.79 Å². The van der Waals surface area contributed by atoms with E-state index in [-0.39, 0.29) is 5.78 Å². The van der Waals surface area contributed by atoms with Crippen LogP contribution in [0.2, 0.25) is 0 Å². The molecule has 1 aliphatic heterocycles. The molecule has 0 radical (unpaired) electrons. The van der Waals surface area contributed by atoms with Gasteiger partial charge < -0.3 is 15.1 Å². The summed E-state index contributed by atoms with van der Waals surface area (Å²) in [4.78, 5) is 15.9. The first-order valence-electron chi connectivity index (χ1n) is 8.10. The molecule has 1 heterocycles. The van der Waals surface area contributed by atoms with E-state index < -0.39 is 0 Å². The van der Waals surface area contributed by atoms with Crippen molar-refractivity contribution in [3.63, 3.8) is 0 Å². The summed E-state index contributed by atoms with van der Waals surface area (Å²) in [6.45, 7) is 5.27. The van der Waals surface area contributed by atoms with Gasteiger partial charge in [-0.2, -0.15) is 0 Å². The zero-order valence-electron chi connectivity index (χ0n) is 13.7. The minimum absolute atomic E-state index is 0.0705. The van der Waals surface area contributed by atoms with E-state index in [0.717, 1.165) is 37.0 Å². The molecule has 1 aliphatic rings. The maximum Gasteiger partial charge on any atom is 0.173 e. The lowest BCUT2D eigenvalue weighted by Gasteiger charge is -2.37. The molecule has 24 heavy (non-hydrogen) atoms. The van der Waals surface area contributed by atoms with Crippen LogP contribution in [-0.2, 0) is 0 Å². The summed E-state index contributed by atoms with van der Waals surface area (Å²) in [6, 6.07) is 17.9. The largest absolute Gasteiger partial charge is 0.368 e. The van der Waals surface area contributed by atoms with Crippen LogP contribution in [0.5, 0.6) is 0 Å². The molecular formula is C19H21N3OS. The highest BCUT2D eigenvalue weighted by atomic mass is 32.1. The molecule has 1 fully saturated rings. The number of para-hydroxylation sites is 1. The lowest BCUT2D eigenvalue weighted by Crippen LogP contribution is -2.50. The zero-order chi connectivity index (χ0) is 16.9. The molecule has 3 rings (SSSR count). The molecule has 4 nitrogen and oxygen atoms in total. The van der Waals surface area contributed by atoms with E-state index in [4.69, 9.17) is 12.2 Å². The van der Waals surface area contributed by atoms with E-state index in [1.54, 1.807) is 6.92 Å². The van der Waals surface area contributed by atoms with Crippen LogP contribution in [-0.4, -0.2) is 42.0 Å². The first kappa shape index (κ1) is 16.5. The highest BCUT2D eigenvalue weighted by Gasteiger charge is 2.19. The van der Waals surface area contributed by atoms with Crippen molar-refractivity contribution in [1.29, 1.82) is 0 Å². The summed E-state index contributed by atoms with van der Waals surface area (Å²) >= 11 is 5.53. The Morgan fingerprint density at radius 2 is 1.58 bits per heavy atom. The van der Waals surface area contributed by atoms with Crippen LogP contribution in [0.4, 0.5) is 11.4 Å². The monoisotopic (exact) mass is 339 g/mol. The van der Waals surface area contributed by atoms with Crippen LogP contribution in [0.1, 0.15) is 17.3 Å². The first-order chi connectivity index (χ1) is 11.6. The van der Waals surface area contributed by atoms with E-state index in [9.17, 15) is 4.79 Å². The third-order valence-corrected chi connectivity index (χ3v) is 4.59. The molecule has 0 aliphatic carbocycles. The van der Waals surface area contributed by atoms with E-state index >= 15 is 0 Å². The number of Topliss-reactive ketones (excluding diaryl/α,β-unsaturated/α-hetero) is 1. The van der Waals surface area contributed by atoms with Gasteiger partial charge in [0.25, 0.3) is 0 Å². The number of benzene rings is 2. The van der Waals surface area contributed by atoms with E-state index in [1.807, 2.05) is 30.3 Å². The molecule has 0 bridgehead atoms. The highest BCUT2D eigenvalue weighted by molar-refractivity contribution is 7.80. The molecule has 0 saturated carbocycles. The maximum absolute atomic E-state index is 11.3. The number of anilines is 2. The fourth-order valence-electron chi connectivity index (χ4n) is 2.80. The van der Waals surface area contributed by atoms with Gasteiger partial charge in [0.05, 0.1) is 0 Å². The first-order valence-corrected chi connectivity index (χ1v) is 8.51. The van der Waals surface area contributed by atoms with Gasteiger partial charge in [0.15, 0.2) is 10.9 Å². The third-order valence-electron chi connectivity index (χ3n) is 4.23. The van der Waals surface area contributed by atoms with Crippen molar-refractivity contribution >= 4 is 34.5 Å². The number of carbonyl (C=O) groups excluding carboxylic acids is 1. The van der Waals surface area contributed by atoms with Crippen molar-refractivity contribution in [3.05, 3.63) is 60.2 Å². The number of rotatable bonds is 3. The van der Waals surface area contributed by atoms with Crippen molar-refractivity contribution in [3.8, 4) is 0 Å². The lowest BCUT2D eigenvalue weighted by molar-refractivity contribution is 0.101. The van der Waals surface area contributed by atoms with Gasteiger partial charge in [-0.05, 0) is 55.5 Å². The summed E-state index contributed by atoms with van der Waals surface area (Å²) in [5, 5.41) is 3.99. The van der Waals surface area contributed by atoms with Gasteiger partial charge in [0.1, 0.15) is 0 Å². The van der Waals surface area contributed by atoms with Gasteiger partial charge in [0, 0.05) is 43.1 Å². The second-order valence-corrected chi connectivity index (χ2v) is 6.26.